The SMILES string of the molecule is COc1ccc(CNC(=O)[C@@H](C)Oc2ccc(F)c(F)c2)cc1OC. The molecule has 0 fully saturated rings. The third-order valence-electron chi connectivity index (χ3n) is 3.49. The van der Waals surface area contributed by atoms with Crippen LogP contribution in [0.25, 0.3) is 0 Å². The van der Waals surface area contributed by atoms with Gasteiger partial charge >= 0.3 is 0 Å². The van der Waals surface area contributed by atoms with Crippen molar-refractivity contribution >= 4 is 5.91 Å². The number of ether oxygens (including phenoxy) is 3. The fraction of sp³-hybridized carbons (Fsp3) is 0.278. The van der Waals surface area contributed by atoms with Crippen LogP contribution in [0, 0.1) is 11.6 Å². The topological polar surface area (TPSA) is 56.8 Å². The zero-order valence-electron chi connectivity index (χ0n) is 14.1. The Morgan fingerprint density at radius 1 is 1.04 bits per heavy atom. The Morgan fingerprint density at radius 2 is 1.76 bits per heavy atom. The smallest absolute Gasteiger partial charge is 0.261 e. The van der Waals surface area contributed by atoms with Crippen LogP contribution >= 0.6 is 0 Å². The average molecular weight is 351 g/mol. The van der Waals surface area contributed by atoms with E-state index in [1.165, 1.54) is 27.2 Å². The van der Waals surface area contributed by atoms with Crippen molar-refractivity contribution in [3.05, 3.63) is 53.6 Å². The number of hydrogen-bond donors (Lipinski definition) is 1. The summed E-state index contributed by atoms with van der Waals surface area (Å²) in [6.45, 7) is 1.77. The number of amides is 1. The van der Waals surface area contributed by atoms with Crippen LogP contribution in [-0.4, -0.2) is 26.2 Å². The van der Waals surface area contributed by atoms with Crippen LogP contribution in [0.3, 0.4) is 0 Å². The minimum absolute atomic E-state index is 0.0765. The van der Waals surface area contributed by atoms with Gasteiger partial charge in [0, 0.05) is 12.6 Å². The highest BCUT2D eigenvalue weighted by Crippen LogP contribution is 2.27. The first-order valence-electron chi connectivity index (χ1n) is 7.55. The number of hydrogen-bond acceptors (Lipinski definition) is 4. The van der Waals surface area contributed by atoms with Crippen LogP contribution in [0.1, 0.15) is 12.5 Å². The monoisotopic (exact) mass is 351 g/mol. The van der Waals surface area contributed by atoms with E-state index in [0.717, 1.165) is 17.7 Å². The number of halogens is 2. The molecule has 5 nitrogen and oxygen atoms in total. The molecule has 2 aromatic rings. The first-order valence-corrected chi connectivity index (χ1v) is 7.55. The highest BCUT2D eigenvalue weighted by molar-refractivity contribution is 5.80. The number of rotatable bonds is 7. The number of carbonyl (C=O) groups is 1. The van der Waals surface area contributed by atoms with E-state index in [2.05, 4.69) is 5.32 Å². The standard InChI is InChI=1S/C18H19F2NO4/c1-11(25-13-5-6-14(19)15(20)9-13)18(22)21-10-12-4-7-16(23-2)17(8-12)24-3/h4-9,11H,10H2,1-3H3,(H,21,22)/t11-/m1/s1. The highest BCUT2D eigenvalue weighted by atomic mass is 19.2. The summed E-state index contributed by atoms with van der Waals surface area (Å²) in [6, 6.07) is 8.38. The molecule has 0 aliphatic rings. The first-order chi connectivity index (χ1) is 11.9. The summed E-state index contributed by atoms with van der Waals surface area (Å²) < 4.78 is 41.7. The van der Waals surface area contributed by atoms with Gasteiger partial charge in [0.05, 0.1) is 14.2 Å². The third-order valence-corrected chi connectivity index (χ3v) is 3.49. The Morgan fingerprint density at radius 3 is 2.40 bits per heavy atom. The molecule has 0 spiro atoms. The summed E-state index contributed by atoms with van der Waals surface area (Å²) in [6.07, 6.45) is -0.870. The van der Waals surface area contributed by atoms with Gasteiger partial charge < -0.3 is 19.5 Å². The summed E-state index contributed by atoms with van der Waals surface area (Å²) in [5, 5.41) is 2.71. The van der Waals surface area contributed by atoms with Crippen molar-refractivity contribution < 1.29 is 27.8 Å². The lowest BCUT2D eigenvalue weighted by atomic mass is 10.2. The van der Waals surface area contributed by atoms with Crippen LogP contribution in [0.5, 0.6) is 17.2 Å². The normalized spacial score (nSPS) is 11.6. The summed E-state index contributed by atoms with van der Waals surface area (Å²) in [4.78, 5) is 12.1. The van der Waals surface area contributed by atoms with Crippen molar-refractivity contribution in [2.45, 2.75) is 19.6 Å². The van der Waals surface area contributed by atoms with Crippen LogP contribution in [0.15, 0.2) is 36.4 Å². The molecular weight excluding hydrogens is 332 g/mol. The first kappa shape index (κ1) is 18.5. The molecule has 0 aromatic heterocycles. The fourth-order valence-corrected chi connectivity index (χ4v) is 2.13. The van der Waals surface area contributed by atoms with E-state index in [1.54, 1.807) is 18.2 Å². The van der Waals surface area contributed by atoms with E-state index < -0.39 is 17.7 Å². The molecule has 134 valence electrons. The van der Waals surface area contributed by atoms with Crippen molar-refractivity contribution in [1.82, 2.24) is 5.32 Å². The molecule has 0 bridgehead atoms. The molecule has 0 radical (unpaired) electrons. The molecule has 7 heteroatoms. The Labute approximate surface area is 144 Å². The summed E-state index contributed by atoms with van der Waals surface area (Å²) in [5.74, 6) is -1.17. The second-order valence-electron chi connectivity index (χ2n) is 5.24. The van der Waals surface area contributed by atoms with Gasteiger partial charge in [0.1, 0.15) is 5.75 Å². The predicted molar refractivity (Wildman–Crippen MR) is 87.8 cm³/mol. The lowest BCUT2D eigenvalue weighted by Gasteiger charge is -2.15. The quantitative estimate of drug-likeness (QED) is 0.833. The second kappa shape index (κ2) is 8.32. The predicted octanol–water partition coefficient (Wildman–Crippen LogP) is 3.07. The maximum atomic E-state index is 13.2. The molecule has 1 N–H and O–H groups in total. The Kier molecular flexibility index (Phi) is 6.16. The van der Waals surface area contributed by atoms with Gasteiger partial charge in [0.2, 0.25) is 0 Å². The zero-order chi connectivity index (χ0) is 18.4. The summed E-state index contributed by atoms with van der Waals surface area (Å²) in [5.41, 5.74) is 0.811. The largest absolute Gasteiger partial charge is 0.493 e. The molecule has 0 aliphatic heterocycles. The number of nitrogens with one attached hydrogen (secondary N) is 1. The molecule has 0 aliphatic carbocycles. The van der Waals surface area contributed by atoms with E-state index in [-0.39, 0.29) is 18.2 Å². The summed E-state index contributed by atoms with van der Waals surface area (Å²) >= 11 is 0. The lowest BCUT2D eigenvalue weighted by Crippen LogP contribution is -2.35. The maximum Gasteiger partial charge on any atom is 0.261 e. The zero-order valence-corrected chi connectivity index (χ0v) is 14.1. The minimum atomic E-state index is -1.03. The molecule has 2 aromatic carbocycles. The van der Waals surface area contributed by atoms with Crippen LogP contribution in [0.4, 0.5) is 8.78 Å². The van der Waals surface area contributed by atoms with Crippen molar-refractivity contribution in [3.63, 3.8) is 0 Å². The van der Waals surface area contributed by atoms with Crippen LogP contribution in [-0.2, 0) is 11.3 Å². The van der Waals surface area contributed by atoms with Gasteiger partial charge in [-0.3, -0.25) is 4.79 Å². The number of benzene rings is 2. The van der Waals surface area contributed by atoms with Gasteiger partial charge in [-0.2, -0.15) is 0 Å². The highest BCUT2D eigenvalue weighted by Gasteiger charge is 2.16. The average Bonchev–Trinajstić information content (AvgIpc) is 2.62. The Bertz CT molecular complexity index is 752. The van der Waals surface area contributed by atoms with Crippen molar-refractivity contribution in [2.75, 3.05) is 14.2 Å². The van der Waals surface area contributed by atoms with Crippen LogP contribution in [0.2, 0.25) is 0 Å². The molecule has 1 atom stereocenters. The van der Waals surface area contributed by atoms with Crippen LogP contribution < -0.4 is 19.5 Å². The van der Waals surface area contributed by atoms with Crippen molar-refractivity contribution in [3.8, 4) is 17.2 Å². The van der Waals surface area contributed by atoms with E-state index in [0.29, 0.717) is 11.5 Å². The van der Waals surface area contributed by atoms with E-state index in [9.17, 15) is 13.6 Å². The van der Waals surface area contributed by atoms with Gasteiger partial charge in [-0.05, 0) is 36.8 Å². The van der Waals surface area contributed by atoms with Gasteiger partial charge in [0.25, 0.3) is 5.91 Å². The van der Waals surface area contributed by atoms with Crippen molar-refractivity contribution in [1.29, 1.82) is 0 Å². The molecule has 0 heterocycles. The van der Waals surface area contributed by atoms with E-state index in [4.69, 9.17) is 14.2 Å². The fourth-order valence-electron chi connectivity index (χ4n) is 2.13. The van der Waals surface area contributed by atoms with Gasteiger partial charge in [0.15, 0.2) is 29.2 Å². The molecule has 0 unspecified atom stereocenters. The number of carbonyl (C=O) groups excluding carboxylic acids is 1. The number of methoxy groups -OCH3 is 2. The molecular formula is C18H19F2NO4. The maximum absolute atomic E-state index is 13.2. The second-order valence-corrected chi connectivity index (χ2v) is 5.24. The minimum Gasteiger partial charge on any atom is -0.493 e. The van der Waals surface area contributed by atoms with Gasteiger partial charge in [-0.25, -0.2) is 8.78 Å². The third kappa shape index (κ3) is 4.82. The van der Waals surface area contributed by atoms with Gasteiger partial charge in [-0.15, -0.1) is 0 Å². The van der Waals surface area contributed by atoms with E-state index >= 15 is 0 Å². The molecule has 1 amide bonds. The lowest BCUT2D eigenvalue weighted by molar-refractivity contribution is -0.127. The Hall–Kier alpha value is -2.83. The molecule has 25 heavy (non-hydrogen) atoms. The molecule has 0 saturated heterocycles. The van der Waals surface area contributed by atoms with E-state index in [1.807, 2.05) is 0 Å². The van der Waals surface area contributed by atoms with Crippen molar-refractivity contribution in [2.24, 2.45) is 0 Å². The van der Waals surface area contributed by atoms with Gasteiger partial charge in [-0.1, -0.05) is 6.07 Å². The molecule has 2 rings (SSSR count). The molecule has 0 saturated carbocycles. The summed E-state index contributed by atoms with van der Waals surface area (Å²) in [7, 11) is 3.06. The Balaban J connectivity index is 1.94.